The summed E-state index contributed by atoms with van der Waals surface area (Å²) < 4.78 is 0. The van der Waals surface area contributed by atoms with Gasteiger partial charge in [0, 0.05) is 19.1 Å². The van der Waals surface area contributed by atoms with E-state index in [1.54, 1.807) is 0 Å². The van der Waals surface area contributed by atoms with Crippen molar-refractivity contribution in [3.8, 4) is 0 Å². The number of hydrogen-bond donors (Lipinski definition) is 2. The van der Waals surface area contributed by atoms with Crippen molar-refractivity contribution in [2.24, 2.45) is 10.9 Å². The lowest BCUT2D eigenvalue weighted by molar-refractivity contribution is 0.295. The molecule has 0 aromatic heterocycles. The highest BCUT2D eigenvalue weighted by molar-refractivity contribution is 14.0. The lowest BCUT2D eigenvalue weighted by atomic mass is 10.1. The summed E-state index contributed by atoms with van der Waals surface area (Å²) in [7, 11) is 0. The minimum atomic E-state index is 0. The van der Waals surface area contributed by atoms with Gasteiger partial charge in [-0.15, -0.1) is 24.0 Å². The SMILES string of the molecule is CCNC(=NCc1ccccc1CN(CC)CC)NC1CC1C.I. The van der Waals surface area contributed by atoms with Gasteiger partial charge < -0.3 is 10.6 Å². The van der Waals surface area contributed by atoms with Crippen molar-refractivity contribution in [3.63, 3.8) is 0 Å². The first-order valence-corrected chi connectivity index (χ1v) is 9.01. The first kappa shape index (κ1) is 21.2. The third-order valence-corrected chi connectivity index (χ3v) is 4.59. The molecule has 0 saturated heterocycles. The lowest BCUT2D eigenvalue weighted by Crippen LogP contribution is -2.39. The Morgan fingerprint density at radius 3 is 2.33 bits per heavy atom. The summed E-state index contributed by atoms with van der Waals surface area (Å²) in [6.45, 7) is 13.6. The monoisotopic (exact) mass is 444 g/mol. The molecule has 2 unspecified atom stereocenters. The maximum Gasteiger partial charge on any atom is 0.191 e. The smallest absolute Gasteiger partial charge is 0.191 e. The second-order valence-electron chi connectivity index (χ2n) is 6.39. The standard InChI is InChI=1S/C19H32N4.HI/c1-5-20-19(22-18-12-15(18)4)21-13-16-10-8-9-11-17(16)14-23(6-2)7-3;/h8-11,15,18H,5-7,12-14H2,1-4H3,(H2,20,21,22);1H. The molecule has 0 radical (unpaired) electrons. The largest absolute Gasteiger partial charge is 0.357 e. The molecule has 0 amide bonds. The molecule has 2 atom stereocenters. The number of hydrogen-bond acceptors (Lipinski definition) is 2. The molecule has 2 N–H and O–H groups in total. The minimum Gasteiger partial charge on any atom is -0.357 e. The van der Waals surface area contributed by atoms with Crippen molar-refractivity contribution in [2.75, 3.05) is 19.6 Å². The number of nitrogens with zero attached hydrogens (tertiary/aromatic N) is 2. The summed E-state index contributed by atoms with van der Waals surface area (Å²) in [5, 5.41) is 6.88. The van der Waals surface area contributed by atoms with Gasteiger partial charge in [-0.2, -0.15) is 0 Å². The molecular formula is C19H33IN4. The van der Waals surface area contributed by atoms with E-state index in [0.29, 0.717) is 6.04 Å². The molecule has 0 heterocycles. The van der Waals surface area contributed by atoms with Crippen LogP contribution < -0.4 is 10.6 Å². The topological polar surface area (TPSA) is 39.7 Å². The van der Waals surface area contributed by atoms with Crippen LogP contribution in [0.5, 0.6) is 0 Å². The van der Waals surface area contributed by atoms with Gasteiger partial charge in [-0.05, 0) is 43.5 Å². The molecule has 1 fully saturated rings. The fourth-order valence-electron chi connectivity index (χ4n) is 2.74. The zero-order valence-corrected chi connectivity index (χ0v) is 17.8. The third kappa shape index (κ3) is 6.59. The molecule has 1 aromatic rings. The predicted octanol–water partition coefficient (Wildman–Crippen LogP) is 3.61. The molecule has 1 aromatic carbocycles. The Morgan fingerprint density at radius 2 is 1.79 bits per heavy atom. The van der Waals surface area contributed by atoms with E-state index in [2.05, 4.69) is 67.5 Å². The fraction of sp³-hybridized carbons (Fsp3) is 0.632. The van der Waals surface area contributed by atoms with Gasteiger partial charge in [-0.1, -0.05) is 45.0 Å². The summed E-state index contributed by atoms with van der Waals surface area (Å²) in [6, 6.07) is 9.26. The van der Waals surface area contributed by atoms with Gasteiger partial charge in [0.25, 0.3) is 0 Å². The number of aliphatic imine (C=N–C) groups is 1. The van der Waals surface area contributed by atoms with Crippen LogP contribution in [-0.2, 0) is 13.1 Å². The summed E-state index contributed by atoms with van der Waals surface area (Å²) in [5.74, 6) is 1.72. The van der Waals surface area contributed by atoms with Crippen LogP contribution in [0.3, 0.4) is 0 Å². The van der Waals surface area contributed by atoms with Crippen molar-refractivity contribution in [1.82, 2.24) is 15.5 Å². The first-order chi connectivity index (χ1) is 11.2. The van der Waals surface area contributed by atoms with Crippen LogP contribution in [-0.4, -0.2) is 36.5 Å². The Kier molecular flexibility index (Phi) is 9.66. The molecule has 1 aliphatic rings. The van der Waals surface area contributed by atoms with Crippen LogP contribution in [0.2, 0.25) is 0 Å². The Labute approximate surface area is 164 Å². The van der Waals surface area contributed by atoms with Gasteiger partial charge in [-0.25, -0.2) is 4.99 Å². The number of rotatable bonds is 8. The van der Waals surface area contributed by atoms with Gasteiger partial charge in [0.2, 0.25) is 0 Å². The Bertz CT molecular complexity index is 514. The summed E-state index contributed by atoms with van der Waals surface area (Å²) >= 11 is 0. The van der Waals surface area contributed by atoms with Crippen molar-refractivity contribution >= 4 is 29.9 Å². The number of nitrogens with one attached hydrogen (secondary N) is 2. The predicted molar refractivity (Wildman–Crippen MR) is 114 cm³/mol. The van der Waals surface area contributed by atoms with Gasteiger partial charge in [0.15, 0.2) is 5.96 Å². The average Bonchev–Trinajstić information content (AvgIpc) is 3.26. The van der Waals surface area contributed by atoms with E-state index in [4.69, 9.17) is 4.99 Å². The highest BCUT2D eigenvalue weighted by Gasteiger charge is 2.33. The molecule has 1 aliphatic carbocycles. The second-order valence-corrected chi connectivity index (χ2v) is 6.39. The first-order valence-electron chi connectivity index (χ1n) is 9.01. The summed E-state index contributed by atoms with van der Waals surface area (Å²) in [4.78, 5) is 7.24. The van der Waals surface area contributed by atoms with E-state index in [1.165, 1.54) is 17.5 Å². The van der Waals surface area contributed by atoms with Crippen LogP contribution >= 0.6 is 24.0 Å². The molecule has 4 nitrogen and oxygen atoms in total. The Hall–Kier alpha value is -0.820. The van der Waals surface area contributed by atoms with E-state index >= 15 is 0 Å². The molecule has 0 bridgehead atoms. The average molecular weight is 444 g/mol. The third-order valence-electron chi connectivity index (χ3n) is 4.59. The zero-order valence-electron chi connectivity index (χ0n) is 15.5. The number of halogens is 1. The van der Waals surface area contributed by atoms with Gasteiger partial charge >= 0.3 is 0 Å². The van der Waals surface area contributed by atoms with Crippen molar-refractivity contribution in [2.45, 2.75) is 53.2 Å². The van der Waals surface area contributed by atoms with E-state index in [-0.39, 0.29) is 24.0 Å². The molecule has 24 heavy (non-hydrogen) atoms. The maximum absolute atomic E-state index is 4.79. The fourth-order valence-corrected chi connectivity index (χ4v) is 2.74. The number of guanidine groups is 1. The second kappa shape index (κ2) is 10.9. The molecular weight excluding hydrogens is 411 g/mol. The van der Waals surface area contributed by atoms with E-state index < -0.39 is 0 Å². The molecule has 0 spiro atoms. The molecule has 0 aliphatic heterocycles. The van der Waals surface area contributed by atoms with Crippen LogP contribution in [0, 0.1) is 5.92 Å². The normalized spacial score (nSPS) is 19.8. The van der Waals surface area contributed by atoms with Gasteiger partial charge in [-0.3, -0.25) is 4.90 Å². The van der Waals surface area contributed by atoms with E-state index in [9.17, 15) is 0 Å². The van der Waals surface area contributed by atoms with E-state index in [1.807, 2.05) is 0 Å². The quantitative estimate of drug-likeness (QED) is 0.366. The Balaban J connectivity index is 0.00000288. The lowest BCUT2D eigenvalue weighted by Gasteiger charge is -2.20. The highest BCUT2D eigenvalue weighted by Crippen LogP contribution is 2.28. The number of benzene rings is 1. The summed E-state index contributed by atoms with van der Waals surface area (Å²) in [5.41, 5.74) is 2.70. The van der Waals surface area contributed by atoms with Crippen LogP contribution in [0.1, 0.15) is 45.2 Å². The molecule has 1 saturated carbocycles. The minimum absolute atomic E-state index is 0. The van der Waals surface area contributed by atoms with Crippen molar-refractivity contribution in [1.29, 1.82) is 0 Å². The van der Waals surface area contributed by atoms with Gasteiger partial charge in [0.1, 0.15) is 0 Å². The van der Waals surface area contributed by atoms with Gasteiger partial charge in [0.05, 0.1) is 6.54 Å². The highest BCUT2D eigenvalue weighted by atomic mass is 127. The van der Waals surface area contributed by atoms with Crippen LogP contribution in [0.25, 0.3) is 0 Å². The van der Waals surface area contributed by atoms with Crippen LogP contribution in [0.15, 0.2) is 29.3 Å². The Morgan fingerprint density at radius 1 is 1.17 bits per heavy atom. The van der Waals surface area contributed by atoms with Crippen molar-refractivity contribution < 1.29 is 0 Å². The van der Waals surface area contributed by atoms with E-state index in [0.717, 1.165) is 44.6 Å². The van der Waals surface area contributed by atoms with Crippen molar-refractivity contribution in [3.05, 3.63) is 35.4 Å². The molecule has 2 rings (SSSR count). The maximum atomic E-state index is 4.79. The van der Waals surface area contributed by atoms with Crippen LogP contribution in [0.4, 0.5) is 0 Å². The molecule has 136 valence electrons. The zero-order chi connectivity index (χ0) is 16.7. The molecule has 5 heteroatoms. The summed E-state index contributed by atoms with van der Waals surface area (Å²) in [6.07, 6.45) is 1.25.